The van der Waals surface area contributed by atoms with Crippen LogP contribution in [0.2, 0.25) is 0 Å². The summed E-state index contributed by atoms with van der Waals surface area (Å²) in [4.78, 5) is 0. The fourth-order valence-corrected chi connectivity index (χ4v) is 1.27. The van der Waals surface area contributed by atoms with Gasteiger partial charge in [0.05, 0.1) is 6.61 Å². The Morgan fingerprint density at radius 1 is 1.60 bits per heavy atom. The predicted molar refractivity (Wildman–Crippen MR) is 52.6 cm³/mol. The molecule has 0 radical (unpaired) electrons. The molecule has 3 nitrogen and oxygen atoms in total. The standard InChI is InChI=1S/C4H10ClINO2P/c5-10(8)9-4-3-7-2-1-6/h7,10H,1-4H2. The van der Waals surface area contributed by atoms with Crippen molar-refractivity contribution in [2.24, 2.45) is 0 Å². The highest BCUT2D eigenvalue weighted by Gasteiger charge is 1.90. The van der Waals surface area contributed by atoms with Crippen LogP contribution in [0.3, 0.4) is 0 Å². The first-order valence-electron chi connectivity index (χ1n) is 2.86. The summed E-state index contributed by atoms with van der Waals surface area (Å²) in [5.74, 6) is 0. The van der Waals surface area contributed by atoms with Crippen LogP contribution >= 0.6 is 41.2 Å². The van der Waals surface area contributed by atoms with Gasteiger partial charge in [-0.2, -0.15) is 0 Å². The first kappa shape index (κ1) is 11.2. The lowest BCUT2D eigenvalue weighted by atomic mass is 10.6. The van der Waals surface area contributed by atoms with E-state index in [2.05, 4.69) is 32.4 Å². The van der Waals surface area contributed by atoms with Gasteiger partial charge in [-0.1, -0.05) is 22.6 Å². The van der Waals surface area contributed by atoms with E-state index in [1.54, 1.807) is 0 Å². The van der Waals surface area contributed by atoms with Crippen molar-refractivity contribution in [2.75, 3.05) is 24.1 Å². The minimum atomic E-state index is -2.24. The molecule has 0 saturated carbocycles. The van der Waals surface area contributed by atoms with Crippen molar-refractivity contribution >= 4 is 41.2 Å². The average Bonchev–Trinajstić information content (AvgIpc) is 1.87. The van der Waals surface area contributed by atoms with Crippen LogP contribution in [-0.4, -0.2) is 24.1 Å². The van der Waals surface area contributed by atoms with Crippen LogP contribution in [0.5, 0.6) is 0 Å². The Morgan fingerprint density at radius 3 is 2.80 bits per heavy atom. The molecule has 0 saturated heterocycles. The molecule has 10 heavy (non-hydrogen) atoms. The topological polar surface area (TPSA) is 38.3 Å². The van der Waals surface area contributed by atoms with Gasteiger partial charge in [0.15, 0.2) is 0 Å². The Morgan fingerprint density at radius 2 is 2.30 bits per heavy atom. The molecule has 0 aliphatic heterocycles. The molecule has 1 N–H and O–H groups in total. The zero-order chi connectivity index (χ0) is 7.82. The molecular formula is C4H10ClINO2P. The largest absolute Gasteiger partial charge is 0.318 e. The lowest BCUT2D eigenvalue weighted by molar-refractivity contribution is 0.335. The van der Waals surface area contributed by atoms with Gasteiger partial charge in [0.25, 0.3) is 7.38 Å². The van der Waals surface area contributed by atoms with E-state index in [1.165, 1.54) is 0 Å². The van der Waals surface area contributed by atoms with Crippen molar-refractivity contribution in [3.05, 3.63) is 0 Å². The Balaban J connectivity index is 2.84. The van der Waals surface area contributed by atoms with Crippen molar-refractivity contribution < 1.29 is 9.09 Å². The lowest BCUT2D eigenvalue weighted by Crippen LogP contribution is -2.20. The van der Waals surface area contributed by atoms with E-state index in [1.807, 2.05) is 0 Å². The SMILES string of the molecule is O=[PH](Cl)OCCNCCI. The zero-order valence-corrected chi connectivity index (χ0v) is 9.31. The minimum absolute atomic E-state index is 0.429. The third kappa shape index (κ3) is 9.17. The Labute approximate surface area is 79.6 Å². The van der Waals surface area contributed by atoms with Crippen molar-refractivity contribution in [3.8, 4) is 0 Å². The molecule has 0 aromatic rings. The maximum absolute atomic E-state index is 10.2. The van der Waals surface area contributed by atoms with Gasteiger partial charge in [-0.25, -0.2) is 0 Å². The van der Waals surface area contributed by atoms with Gasteiger partial charge in [0.1, 0.15) is 0 Å². The van der Waals surface area contributed by atoms with Gasteiger partial charge in [-0.15, -0.1) is 0 Å². The highest BCUT2D eigenvalue weighted by molar-refractivity contribution is 14.1. The normalized spacial score (nSPS) is 13.4. The summed E-state index contributed by atoms with van der Waals surface area (Å²) < 4.78 is 15.9. The van der Waals surface area contributed by atoms with Crippen LogP contribution in [0.15, 0.2) is 0 Å². The molecule has 0 bridgehead atoms. The first-order chi connectivity index (χ1) is 4.77. The number of hydrogen-bond donors (Lipinski definition) is 1. The van der Waals surface area contributed by atoms with E-state index in [4.69, 9.17) is 11.2 Å². The van der Waals surface area contributed by atoms with Gasteiger partial charge in [-0.05, 0) is 11.2 Å². The van der Waals surface area contributed by atoms with Crippen molar-refractivity contribution in [1.29, 1.82) is 0 Å². The number of halogens is 2. The number of nitrogens with one attached hydrogen (secondary N) is 1. The Kier molecular flexibility index (Phi) is 9.24. The predicted octanol–water partition coefficient (Wildman–Crippen LogP) is 1.66. The summed E-state index contributed by atoms with van der Waals surface area (Å²) in [6.45, 7) is 2.09. The fraction of sp³-hybridized carbons (Fsp3) is 1.00. The van der Waals surface area contributed by atoms with Crippen molar-refractivity contribution in [2.45, 2.75) is 0 Å². The highest BCUT2D eigenvalue weighted by Crippen LogP contribution is 2.26. The van der Waals surface area contributed by atoms with Crippen molar-refractivity contribution in [1.82, 2.24) is 5.32 Å². The number of alkyl halides is 1. The lowest BCUT2D eigenvalue weighted by Gasteiger charge is -2.00. The van der Waals surface area contributed by atoms with E-state index in [9.17, 15) is 4.57 Å². The van der Waals surface area contributed by atoms with Gasteiger partial charge < -0.3 is 9.84 Å². The zero-order valence-electron chi connectivity index (χ0n) is 5.40. The summed E-state index contributed by atoms with van der Waals surface area (Å²) in [6, 6.07) is 0. The van der Waals surface area contributed by atoms with Crippen LogP contribution in [0, 0.1) is 0 Å². The average molecular weight is 297 g/mol. The van der Waals surface area contributed by atoms with E-state index < -0.39 is 7.38 Å². The first-order valence-corrected chi connectivity index (χ1v) is 6.71. The van der Waals surface area contributed by atoms with Gasteiger partial charge >= 0.3 is 0 Å². The molecule has 62 valence electrons. The second-order valence-electron chi connectivity index (χ2n) is 1.53. The van der Waals surface area contributed by atoms with E-state index in [0.717, 1.165) is 11.0 Å². The summed E-state index contributed by atoms with van der Waals surface area (Å²) in [7, 11) is -2.24. The molecule has 0 rings (SSSR count). The highest BCUT2D eigenvalue weighted by atomic mass is 127. The van der Waals surface area contributed by atoms with Crippen LogP contribution in [-0.2, 0) is 9.09 Å². The van der Waals surface area contributed by atoms with E-state index in [0.29, 0.717) is 13.2 Å². The fourth-order valence-electron chi connectivity index (χ4n) is 0.395. The molecule has 0 spiro atoms. The maximum atomic E-state index is 10.2. The molecule has 1 atom stereocenters. The van der Waals surface area contributed by atoms with Gasteiger partial charge in [0.2, 0.25) is 0 Å². The number of rotatable bonds is 6. The van der Waals surface area contributed by atoms with Crippen LogP contribution in [0.25, 0.3) is 0 Å². The molecule has 0 amide bonds. The van der Waals surface area contributed by atoms with Crippen LogP contribution in [0.1, 0.15) is 0 Å². The molecule has 0 aliphatic carbocycles. The quantitative estimate of drug-likeness (QED) is 0.351. The monoisotopic (exact) mass is 297 g/mol. The second kappa shape index (κ2) is 8.27. The molecule has 0 fully saturated rings. The molecular weight excluding hydrogens is 287 g/mol. The van der Waals surface area contributed by atoms with Gasteiger partial charge in [0, 0.05) is 17.5 Å². The van der Waals surface area contributed by atoms with Gasteiger partial charge in [-0.3, -0.25) is 4.57 Å². The second-order valence-corrected chi connectivity index (χ2v) is 4.29. The smallest absolute Gasteiger partial charge is 0.278 e. The Bertz CT molecular complexity index is 105. The third-order valence-corrected chi connectivity index (χ3v) is 2.06. The molecule has 0 aromatic heterocycles. The summed E-state index contributed by atoms with van der Waals surface area (Å²) >= 11 is 7.35. The summed E-state index contributed by atoms with van der Waals surface area (Å²) in [5.41, 5.74) is 0. The molecule has 0 aromatic carbocycles. The summed E-state index contributed by atoms with van der Waals surface area (Å²) in [5, 5.41) is 3.08. The molecule has 0 heterocycles. The summed E-state index contributed by atoms with van der Waals surface area (Å²) in [6.07, 6.45) is 0. The number of hydrogen-bond acceptors (Lipinski definition) is 3. The maximum Gasteiger partial charge on any atom is 0.278 e. The minimum Gasteiger partial charge on any atom is -0.318 e. The van der Waals surface area contributed by atoms with Crippen LogP contribution < -0.4 is 5.32 Å². The third-order valence-electron chi connectivity index (χ3n) is 0.766. The van der Waals surface area contributed by atoms with E-state index >= 15 is 0 Å². The van der Waals surface area contributed by atoms with Crippen molar-refractivity contribution in [3.63, 3.8) is 0 Å². The Hall–Kier alpha value is 1.17. The van der Waals surface area contributed by atoms with Crippen LogP contribution in [0.4, 0.5) is 0 Å². The van der Waals surface area contributed by atoms with E-state index in [-0.39, 0.29) is 0 Å². The molecule has 0 aliphatic rings. The molecule has 1 unspecified atom stereocenters. The molecule has 6 heteroatoms.